The van der Waals surface area contributed by atoms with Crippen LogP contribution in [0.4, 0.5) is 0 Å². The maximum atomic E-state index is 13.7. The highest BCUT2D eigenvalue weighted by atomic mass is 16.5. The zero-order valence-corrected chi connectivity index (χ0v) is 20.1. The Hall–Kier alpha value is -4.02. The molecule has 2 aliphatic carbocycles. The number of aliphatic hydroxyl groups excluding tert-OH is 2. The molecule has 0 heterocycles. The number of methoxy groups -OCH3 is 1. The molecule has 37 heavy (non-hydrogen) atoms. The Morgan fingerprint density at radius 2 is 1.92 bits per heavy atom. The molecule has 4 rings (SSSR count). The zero-order chi connectivity index (χ0) is 27.1. The SMILES string of the molecule is COc1ccc(C=O)cc1-c1ccc(O)c2c1C[C@H]1C[C@@H](CCO)[C@@](O)(C(=O)CC(N)=O)C(O)=C1C2=O. The number of ketones is 2. The third-order valence-corrected chi connectivity index (χ3v) is 7.28. The summed E-state index contributed by atoms with van der Waals surface area (Å²) >= 11 is 0. The summed E-state index contributed by atoms with van der Waals surface area (Å²) in [7, 11) is 1.46. The van der Waals surface area contributed by atoms with E-state index in [0.29, 0.717) is 34.3 Å². The number of hydrogen-bond donors (Lipinski definition) is 5. The van der Waals surface area contributed by atoms with E-state index < -0.39 is 53.7 Å². The first-order valence-electron chi connectivity index (χ1n) is 11.7. The topological polar surface area (TPSA) is 184 Å². The number of hydrogen-bond acceptors (Lipinski definition) is 9. The van der Waals surface area contributed by atoms with Crippen LogP contribution in [0.3, 0.4) is 0 Å². The van der Waals surface area contributed by atoms with Crippen LogP contribution in [-0.2, 0) is 16.0 Å². The molecule has 0 aliphatic heterocycles. The molecule has 3 atom stereocenters. The summed E-state index contributed by atoms with van der Waals surface area (Å²) in [4.78, 5) is 49.4. The van der Waals surface area contributed by atoms with E-state index in [-0.39, 0.29) is 36.1 Å². The van der Waals surface area contributed by atoms with Gasteiger partial charge in [-0.15, -0.1) is 0 Å². The molecule has 2 aromatic carbocycles. The molecule has 1 amide bonds. The molecule has 0 fully saturated rings. The van der Waals surface area contributed by atoms with Gasteiger partial charge in [0.15, 0.2) is 17.2 Å². The maximum absolute atomic E-state index is 13.7. The Balaban J connectivity index is 1.93. The number of Topliss-reactive ketones (excluding diaryl/α,β-unsaturated/α-hetero) is 2. The number of amides is 1. The molecule has 10 nitrogen and oxygen atoms in total. The second-order valence-electron chi connectivity index (χ2n) is 9.33. The summed E-state index contributed by atoms with van der Waals surface area (Å²) < 4.78 is 5.46. The van der Waals surface area contributed by atoms with Crippen LogP contribution in [0.1, 0.15) is 45.5 Å². The van der Waals surface area contributed by atoms with Crippen molar-refractivity contribution < 1.29 is 44.3 Å². The Morgan fingerprint density at radius 1 is 1.19 bits per heavy atom. The molecule has 194 valence electrons. The fourth-order valence-corrected chi connectivity index (χ4v) is 5.58. The first-order chi connectivity index (χ1) is 17.6. The molecule has 0 saturated carbocycles. The lowest BCUT2D eigenvalue weighted by Crippen LogP contribution is -2.54. The molecule has 0 aromatic heterocycles. The number of allylic oxidation sites excluding steroid dienone is 1. The number of phenols is 1. The van der Waals surface area contributed by atoms with E-state index >= 15 is 0 Å². The van der Waals surface area contributed by atoms with Crippen LogP contribution in [0, 0.1) is 11.8 Å². The number of carbonyl (C=O) groups excluding carboxylic acids is 4. The molecule has 6 N–H and O–H groups in total. The maximum Gasteiger partial charge on any atom is 0.225 e. The van der Waals surface area contributed by atoms with Gasteiger partial charge in [0.1, 0.15) is 23.5 Å². The second kappa shape index (κ2) is 9.79. The zero-order valence-electron chi connectivity index (χ0n) is 20.1. The van der Waals surface area contributed by atoms with Gasteiger partial charge in [-0.1, -0.05) is 6.07 Å². The summed E-state index contributed by atoms with van der Waals surface area (Å²) in [5.74, 6) is -5.36. The predicted octanol–water partition coefficient (Wildman–Crippen LogP) is 1.63. The number of fused-ring (bicyclic) bond motifs is 2. The molecule has 0 bridgehead atoms. The number of ether oxygens (including phenoxy) is 1. The number of carbonyl (C=O) groups is 4. The largest absolute Gasteiger partial charge is 0.508 e. The Labute approximate surface area is 212 Å². The number of primary amides is 1. The highest BCUT2D eigenvalue weighted by molar-refractivity contribution is 6.15. The van der Waals surface area contributed by atoms with Gasteiger partial charge in [-0.25, -0.2) is 0 Å². The van der Waals surface area contributed by atoms with E-state index in [1.807, 2.05) is 0 Å². The van der Waals surface area contributed by atoms with Gasteiger partial charge < -0.3 is 30.9 Å². The van der Waals surface area contributed by atoms with Gasteiger partial charge in [0.2, 0.25) is 5.91 Å². The van der Waals surface area contributed by atoms with Crippen molar-refractivity contribution >= 4 is 23.8 Å². The number of nitrogens with two attached hydrogens (primary N) is 1. The van der Waals surface area contributed by atoms with Crippen LogP contribution >= 0.6 is 0 Å². The number of phenolic OH excluding ortho intramolecular Hbond substituents is 1. The Bertz CT molecular complexity index is 1350. The van der Waals surface area contributed by atoms with E-state index in [9.17, 15) is 39.6 Å². The molecule has 2 aromatic rings. The average molecular weight is 510 g/mol. The van der Waals surface area contributed by atoms with Crippen molar-refractivity contribution in [2.75, 3.05) is 13.7 Å². The minimum absolute atomic E-state index is 0.0345. The monoisotopic (exact) mass is 509 g/mol. The van der Waals surface area contributed by atoms with Crippen molar-refractivity contribution in [2.24, 2.45) is 17.6 Å². The molecular weight excluding hydrogens is 482 g/mol. The Kier molecular flexibility index (Phi) is 6.90. The first-order valence-corrected chi connectivity index (χ1v) is 11.7. The van der Waals surface area contributed by atoms with Gasteiger partial charge >= 0.3 is 0 Å². The van der Waals surface area contributed by atoms with Crippen molar-refractivity contribution in [1.82, 2.24) is 0 Å². The summed E-state index contributed by atoms with van der Waals surface area (Å²) in [6.45, 7) is -0.418. The van der Waals surface area contributed by atoms with Crippen molar-refractivity contribution in [2.45, 2.75) is 31.3 Å². The van der Waals surface area contributed by atoms with Crippen LogP contribution in [0.25, 0.3) is 11.1 Å². The fourth-order valence-electron chi connectivity index (χ4n) is 5.58. The fraction of sp³-hybridized carbons (Fsp3) is 0.333. The van der Waals surface area contributed by atoms with Crippen molar-refractivity contribution in [3.8, 4) is 22.6 Å². The third kappa shape index (κ3) is 4.17. The summed E-state index contributed by atoms with van der Waals surface area (Å²) in [5, 5.41) is 42.7. The van der Waals surface area contributed by atoms with E-state index in [2.05, 4.69) is 0 Å². The summed E-state index contributed by atoms with van der Waals surface area (Å²) in [6, 6.07) is 7.70. The van der Waals surface area contributed by atoms with Gasteiger partial charge in [-0.3, -0.25) is 19.2 Å². The average Bonchev–Trinajstić information content (AvgIpc) is 2.86. The van der Waals surface area contributed by atoms with Gasteiger partial charge in [0.25, 0.3) is 0 Å². The molecule has 10 heteroatoms. The minimum atomic E-state index is -2.59. The minimum Gasteiger partial charge on any atom is -0.508 e. The number of aromatic hydroxyl groups is 1. The van der Waals surface area contributed by atoms with Crippen LogP contribution in [-0.4, -0.2) is 63.5 Å². The Morgan fingerprint density at radius 3 is 2.54 bits per heavy atom. The van der Waals surface area contributed by atoms with E-state index in [1.165, 1.54) is 13.2 Å². The summed E-state index contributed by atoms with van der Waals surface area (Å²) in [5.41, 5.74) is 4.07. The normalized spacial score (nSPS) is 22.7. The smallest absolute Gasteiger partial charge is 0.225 e. The standard InChI is InChI=1S/C27H27NO9/c1-37-20-5-2-13(12-30)8-17(20)16-3-4-19(31)24-18(16)10-14-9-15(6-7-29)27(36,21(32)11-22(28)33)26(35)23(14)25(24)34/h2-5,8,12,14-15,29,31,35-36H,6-7,9-11H2,1H3,(H2,28,33)/t14-,15-,27-/m1/s1. The van der Waals surface area contributed by atoms with Crippen LogP contribution in [0.15, 0.2) is 41.7 Å². The lowest BCUT2D eigenvalue weighted by Gasteiger charge is -2.43. The molecule has 0 unspecified atom stereocenters. The van der Waals surface area contributed by atoms with Crippen molar-refractivity contribution in [3.05, 3.63) is 58.4 Å². The number of benzene rings is 2. The van der Waals surface area contributed by atoms with Crippen LogP contribution in [0.2, 0.25) is 0 Å². The van der Waals surface area contributed by atoms with Crippen molar-refractivity contribution in [1.29, 1.82) is 0 Å². The number of aliphatic hydroxyl groups is 3. The lowest BCUT2D eigenvalue weighted by molar-refractivity contribution is -0.147. The number of aldehydes is 1. The third-order valence-electron chi connectivity index (χ3n) is 7.28. The van der Waals surface area contributed by atoms with Crippen LogP contribution in [0.5, 0.6) is 11.5 Å². The number of rotatable bonds is 8. The molecule has 0 saturated heterocycles. The van der Waals surface area contributed by atoms with Gasteiger partial charge in [0, 0.05) is 29.2 Å². The summed E-state index contributed by atoms with van der Waals surface area (Å²) in [6.07, 6.45) is -0.108. The van der Waals surface area contributed by atoms with E-state index in [1.54, 1.807) is 24.3 Å². The molecular formula is C27H27NO9. The highest BCUT2D eigenvalue weighted by Gasteiger charge is 2.55. The van der Waals surface area contributed by atoms with E-state index in [4.69, 9.17) is 10.5 Å². The second-order valence-corrected chi connectivity index (χ2v) is 9.33. The van der Waals surface area contributed by atoms with E-state index in [0.717, 1.165) is 0 Å². The molecule has 2 aliphatic rings. The molecule has 0 radical (unpaired) electrons. The lowest BCUT2D eigenvalue weighted by atomic mass is 9.62. The quantitative estimate of drug-likeness (QED) is 0.261. The van der Waals surface area contributed by atoms with Gasteiger partial charge in [0.05, 0.1) is 19.1 Å². The first kappa shape index (κ1) is 26.1. The van der Waals surface area contributed by atoms with Crippen LogP contribution < -0.4 is 10.5 Å². The van der Waals surface area contributed by atoms with Crippen molar-refractivity contribution in [3.63, 3.8) is 0 Å². The predicted molar refractivity (Wildman–Crippen MR) is 130 cm³/mol. The van der Waals surface area contributed by atoms with Gasteiger partial charge in [-0.05, 0) is 60.6 Å². The molecule has 0 spiro atoms. The van der Waals surface area contributed by atoms with Gasteiger partial charge in [-0.2, -0.15) is 0 Å². The highest BCUT2D eigenvalue weighted by Crippen LogP contribution is 2.50.